The number of nitrogens with zero attached hydrogens (tertiary/aromatic N) is 1. The molecule has 2 fully saturated rings. The Morgan fingerprint density at radius 2 is 1.86 bits per heavy atom. The number of piperidine rings is 1. The number of nitrogens with one attached hydrogen (secondary N) is 1. The normalized spacial score (nSPS) is 27.9. The zero-order valence-corrected chi connectivity index (χ0v) is 9.63. The smallest absolute Gasteiger partial charge is 0.00649 e. The van der Waals surface area contributed by atoms with Crippen molar-refractivity contribution in [2.45, 2.75) is 38.6 Å². The standard InChI is InChI=1S/C12H24N2/c1-10(13-2)12-5-7-14(8-6-12)9-11-3-4-11/h10-13H,3-9H2,1-2H3. The largest absolute Gasteiger partial charge is 0.317 e. The molecule has 2 nitrogen and oxygen atoms in total. The van der Waals surface area contributed by atoms with Crippen LogP contribution in [-0.4, -0.2) is 37.6 Å². The Bertz CT molecular complexity index is 169. The minimum Gasteiger partial charge on any atom is -0.317 e. The molecule has 82 valence electrons. The van der Waals surface area contributed by atoms with E-state index in [1.54, 1.807) is 0 Å². The second-order valence-corrected chi connectivity index (χ2v) is 5.16. The summed E-state index contributed by atoms with van der Waals surface area (Å²) in [6.07, 6.45) is 5.78. The average Bonchev–Trinajstić information content (AvgIpc) is 3.02. The van der Waals surface area contributed by atoms with Gasteiger partial charge in [0.1, 0.15) is 0 Å². The quantitative estimate of drug-likeness (QED) is 0.736. The summed E-state index contributed by atoms with van der Waals surface area (Å²) in [6, 6.07) is 0.707. The molecule has 1 N–H and O–H groups in total. The molecule has 1 saturated carbocycles. The van der Waals surface area contributed by atoms with E-state index in [9.17, 15) is 0 Å². The predicted molar refractivity (Wildman–Crippen MR) is 60.4 cm³/mol. The van der Waals surface area contributed by atoms with Gasteiger partial charge in [-0.1, -0.05) is 0 Å². The van der Waals surface area contributed by atoms with E-state index in [4.69, 9.17) is 0 Å². The molecule has 0 spiro atoms. The monoisotopic (exact) mass is 196 g/mol. The van der Waals surface area contributed by atoms with Crippen molar-refractivity contribution in [2.24, 2.45) is 11.8 Å². The van der Waals surface area contributed by atoms with Crippen LogP contribution in [0.15, 0.2) is 0 Å². The van der Waals surface area contributed by atoms with Gasteiger partial charge in [0, 0.05) is 12.6 Å². The molecule has 0 bridgehead atoms. The van der Waals surface area contributed by atoms with Crippen LogP contribution in [0.5, 0.6) is 0 Å². The van der Waals surface area contributed by atoms with Crippen LogP contribution in [0.1, 0.15) is 32.6 Å². The fraction of sp³-hybridized carbons (Fsp3) is 1.00. The van der Waals surface area contributed by atoms with E-state index in [0.29, 0.717) is 6.04 Å². The van der Waals surface area contributed by atoms with E-state index in [0.717, 1.165) is 11.8 Å². The van der Waals surface area contributed by atoms with Crippen molar-refractivity contribution in [1.82, 2.24) is 10.2 Å². The molecule has 1 aliphatic carbocycles. The van der Waals surface area contributed by atoms with E-state index in [-0.39, 0.29) is 0 Å². The zero-order chi connectivity index (χ0) is 9.97. The predicted octanol–water partition coefficient (Wildman–Crippen LogP) is 1.72. The molecule has 0 radical (unpaired) electrons. The highest BCUT2D eigenvalue weighted by atomic mass is 15.1. The van der Waals surface area contributed by atoms with Gasteiger partial charge >= 0.3 is 0 Å². The topological polar surface area (TPSA) is 15.3 Å². The third-order valence-corrected chi connectivity index (χ3v) is 4.01. The highest BCUT2D eigenvalue weighted by Crippen LogP contribution is 2.31. The van der Waals surface area contributed by atoms with Crippen molar-refractivity contribution in [3.05, 3.63) is 0 Å². The first-order chi connectivity index (χ1) is 6.79. The van der Waals surface area contributed by atoms with Gasteiger partial charge in [-0.2, -0.15) is 0 Å². The van der Waals surface area contributed by atoms with Crippen LogP contribution in [0.3, 0.4) is 0 Å². The molecule has 14 heavy (non-hydrogen) atoms. The van der Waals surface area contributed by atoms with Gasteiger partial charge in [0.15, 0.2) is 0 Å². The van der Waals surface area contributed by atoms with E-state index in [2.05, 4.69) is 24.2 Å². The lowest BCUT2D eigenvalue weighted by molar-refractivity contribution is 0.160. The van der Waals surface area contributed by atoms with Crippen LogP contribution in [0, 0.1) is 11.8 Å². The second-order valence-electron chi connectivity index (χ2n) is 5.16. The fourth-order valence-corrected chi connectivity index (χ4v) is 2.54. The van der Waals surface area contributed by atoms with Crippen LogP contribution < -0.4 is 5.32 Å². The summed E-state index contributed by atoms with van der Waals surface area (Å²) in [5.74, 6) is 1.98. The molecule has 0 aromatic rings. The number of likely N-dealkylation sites (tertiary alicyclic amines) is 1. The Labute approximate surface area is 88.1 Å². The molecule has 2 heteroatoms. The molecular weight excluding hydrogens is 172 g/mol. The zero-order valence-electron chi connectivity index (χ0n) is 9.63. The molecule has 1 heterocycles. The van der Waals surface area contributed by atoms with Crippen LogP contribution in [0.25, 0.3) is 0 Å². The van der Waals surface area contributed by atoms with Gasteiger partial charge < -0.3 is 10.2 Å². The lowest BCUT2D eigenvalue weighted by Crippen LogP contribution is -2.41. The minimum absolute atomic E-state index is 0.707. The number of hydrogen-bond donors (Lipinski definition) is 1. The summed E-state index contributed by atoms with van der Waals surface area (Å²) in [7, 11) is 2.08. The van der Waals surface area contributed by atoms with E-state index < -0.39 is 0 Å². The van der Waals surface area contributed by atoms with Gasteiger partial charge in [0.25, 0.3) is 0 Å². The van der Waals surface area contributed by atoms with Gasteiger partial charge in [0.2, 0.25) is 0 Å². The molecule has 0 amide bonds. The molecule has 1 unspecified atom stereocenters. The first kappa shape index (κ1) is 10.4. The van der Waals surface area contributed by atoms with Crippen molar-refractivity contribution < 1.29 is 0 Å². The summed E-state index contributed by atoms with van der Waals surface area (Å²) in [4.78, 5) is 2.68. The Balaban J connectivity index is 1.68. The molecule has 1 atom stereocenters. The third kappa shape index (κ3) is 2.71. The minimum atomic E-state index is 0.707. The average molecular weight is 196 g/mol. The Kier molecular flexibility index (Phi) is 3.45. The molecule has 1 saturated heterocycles. The Morgan fingerprint density at radius 1 is 1.21 bits per heavy atom. The lowest BCUT2D eigenvalue weighted by atomic mass is 9.90. The van der Waals surface area contributed by atoms with Crippen LogP contribution in [-0.2, 0) is 0 Å². The maximum absolute atomic E-state index is 3.38. The molecule has 0 aromatic carbocycles. The first-order valence-electron chi connectivity index (χ1n) is 6.19. The molecule has 1 aliphatic heterocycles. The van der Waals surface area contributed by atoms with Crippen molar-refractivity contribution in [3.63, 3.8) is 0 Å². The highest BCUT2D eigenvalue weighted by Gasteiger charge is 2.28. The van der Waals surface area contributed by atoms with Gasteiger partial charge in [0.05, 0.1) is 0 Å². The summed E-state index contributed by atoms with van der Waals surface area (Å²) < 4.78 is 0. The summed E-state index contributed by atoms with van der Waals surface area (Å²) in [5.41, 5.74) is 0. The van der Waals surface area contributed by atoms with Crippen molar-refractivity contribution in [1.29, 1.82) is 0 Å². The SMILES string of the molecule is CNC(C)C1CCN(CC2CC2)CC1. The van der Waals surface area contributed by atoms with E-state index in [1.165, 1.54) is 45.3 Å². The molecular formula is C12H24N2. The van der Waals surface area contributed by atoms with Crippen molar-refractivity contribution >= 4 is 0 Å². The fourth-order valence-electron chi connectivity index (χ4n) is 2.54. The Morgan fingerprint density at radius 3 is 2.36 bits per heavy atom. The highest BCUT2D eigenvalue weighted by molar-refractivity contribution is 4.82. The van der Waals surface area contributed by atoms with Gasteiger partial charge in [-0.3, -0.25) is 0 Å². The van der Waals surface area contributed by atoms with Crippen molar-refractivity contribution in [3.8, 4) is 0 Å². The second kappa shape index (κ2) is 4.63. The lowest BCUT2D eigenvalue weighted by Gasteiger charge is -2.34. The summed E-state index contributed by atoms with van der Waals surface area (Å²) in [6.45, 7) is 6.39. The number of rotatable bonds is 4. The van der Waals surface area contributed by atoms with Crippen LogP contribution >= 0.6 is 0 Å². The van der Waals surface area contributed by atoms with E-state index >= 15 is 0 Å². The Hall–Kier alpha value is -0.0800. The van der Waals surface area contributed by atoms with Crippen LogP contribution in [0.2, 0.25) is 0 Å². The molecule has 2 aliphatic rings. The van der Waals surface area contributed by atoms with Crippen molar-refractivity contribution in [2.75, 3.05) is 26.7 Å². The van der Waals surface area contributed by atoms with Crippen LogP contribution in [0.4, 0.5) is 0 Å². The third-order valence-electron chi connectivity index (χ3n) is 4.01. The molecule has 2 rings (SSSR count). The summed E-state index contributed by atoms with van der Waals surface area (Å²) in [5, 5.41) is 3.38. The maximum Gasteiger partial charge on any atom is 0.00649 e. The number of hydrogen-bond acceptors (Lipinski definition) is 2. The van der Waals surface area contributed by atoms with Gasteiger partial charge in [-0.05, 0) is 64.6 Å². The van der Waals surface area contributed by atoms with Gasteiger partial charge in [-0.25, -0.2) is 0 Å². The molecule has 0 aromatic heterocycles. The summed E-state index contributed by atoms with van der Waals surface area (Å²) >= 11 is 0. The maximum atomic E-state index is 3.38. The van der Waals surface area contributed by atoms with E-state index in [1.807, 2.05) is 0 Å². The van der Waals surface area contributed by atoms with Gasteiger partial charge in [-0.15, -0.1) is 0 Å². The first-order valence-corrected chi connectivity index (χ1v) is 6.19.